The molecule has 6 heteroatoms. The minimum absolute atomic E-state index is 0.0934. The first-order valence-electron chi connectivity index (χ1n) is 8.80. The van der Waals surface area contributed by atoms with Crippen LogP contribution in [-0.2, 0) is 11.3 Å². The van der Waals surface area contributed by atoms with Gasteiger partial charge in [-0.3, -0.25) is 14.6 Å². The predicted molar refractivity (Wildman–Crippen MR) is 103 cm³/mol. The summed E-state index contributed by atoms with van der Waals surface area (Å²) in [5.41, 5.74) is 3.88. The molecule has 1 saturated heterocycles. The summed E-state index contributed by atoms with van der Waals surface area (Å²) in [6, 6.07) is 14.1. The normalized spacial score (nSPS) is 16.5. The minimum Gasteiger partial charge on any atom is -0.465 e. The van der Waals surface area contributed by atoms with Gasteiger partial charge in [0, 0.05) is 38.9 Å². The summed E-state index contributed by atoms with van der Waals surface area (Å²) in [7, 11) is 0. The second-order valence-corrected chi connectivity index (χ2v) is 6.23. The highest BCUT2D eigenvalue weighted by Crippen LogP contribution is 2.08. The zero-order valence-electron chi connectivity index (χ0n) is 14.8. The monoisotopic (exact) mass is 352 g/mol. The van der Waals surface area contributed by atoms with E-state index in [1.54, 1.807) is 18.4 Å². The SMILES string of the molecule is O=C(CN1CCN(Cc2ccccc2)CC1)N/N=C/C=C/c1ccco1. The molecule has 0 spiro atoms. The first kappa shape index (κ1) is 18.1. The van der Waals surface area contributed by atoms with Crippen molar-refractivity contribution in [3.05, 3.63) is 66.1 Å². The number of piperazine rings is 1. The van der Waals surface area contributed by atoms with E-state index in [1.165, 1.54) is 11.8 Å². The molecule has 0 saturated carbocycles. The molecule has 1 aliphatic heterocycles. The number of hydrazone groups is 1. The maximum atomic E-state index is 12.0. The van der Waals surface area contributed by atoms with E-state index in [-0.39, 0.29) is 5.91 Å². The van der Waals surface area contributed by atoms with Crippen molar-refractivity contribution in [2.24, 2.45) is 5.10 Å². The second-order valence-electron chi connectivity index (χ2n) is 6.23. The Labute approximate surface area is 153 Å². The molecule has 136 valence electrons. The molecule has 0 unspecified atom stereocenters. The van der Waals surface area contributed by atoms with Crippen LogP contribution in [0.15, 0.2) is 64.3 Å². The van der Waals surface area contributed by atoms with Crippen LogP contribution in [0, 0.1) is 0 Å². The van der Waals surface area contributed by atoms with Crippen LogP contribution < -0.4 is 5.43 Å². The summed E-state index contributed by atoms with van der Waals surface area (Å²) in [6.45, 7) is 5.06. The molecule has 1 aliphatic rings. The van der Waals surface area contributed by atoms with Crippen molar-refractivity contribution in [1.82, 2.24) is 15.2 Å². The highest BCUT2D eigenvalue weighted by molar-refractivity contribution is 5.81. The lowest BCUT2D eigenvalue weighted by atomic mass is 10.2. The first-order valence-corrected chi connectivity index (χ1v) is 8.80. The number of nitrogens with one attached hydrogen (secondary N) is 1. The largest absolute Gasteiger partial charge is 0.465 e. The van der Waals surface area contributed by atoms with Gasteiger partial charge in [0.15, 0.2) is 0 Å². The van der Waals surface area contributed by atoms with Gasteiger partial charge in [-0.15, -0.1) is 0 Å². The van der Waals surface area contributed by atoms with Gasteiger partial charge in [0.2, 0.25) is 0 Å². The zero-order valence-corrected chi connectivity index (χ0v) is 14.8. The van der Waals surface area contributed by atoms with Gasteiger partial charge in [0.25, 0.3) is 5.91 Å². The van der Waals surface area contributed by atoms with Gasteiger partial charge in [-0.1, -0.05) is 30.3 Å². The average Bonchev–Trinajstić information content (AvgIpc) is 3.17. The van der Waals surface area contributed by atoms with Crippen LogP contribution in [0.1, 0.15) is 11.3 Å². The molecule has 0 atom stereocenters. The maximum absolute atomic E-state index is 12.0. The van der Waals surface area contributed by atoms with E-state index in [2.05, 4.69) is 44.6 Å². The standard InChI is InChI=1S/C20H24N4O2/c25-20(22-21-10-4-8-19-9-5-15-26-19)17-24-13-11-23(12-14-24)16-18-6-2-1-3-7-18/h1-10,15H,11-14,16-17H2,(H,22,25)/b8-4+,21-10+. The van der Waals surface area contributed by atoms with Crippen LogP contribution in [0.3, 0.4) is 0 Å². The van der Waals surface area contributed by atoms with Crippen molar-refractivity contribution in [2.45, 2.75) is 6.54 Å². The van der Waals surface area contributed by atoms with E-state index in [0.717, 1.165) is 38.5 Å². The van der Waals surface area contributed by atoms with Gasteiger partial charge in [0.05, 0.1) is 12.8 Å². The first-order chi connectivity index (χ1) is 12.8. The third kappa shape index (κ3) is 5.98. The van der Waals surface area contributed by atoms with Crippen molar-refractivity contribution in [2.75, 3.05) is 32.7 Å². The van der Waals surface area contributed by atoms with Gasteiger partial charge in [0.1, 0.15) is 5.76 Å². The molecule has 1 aromatic carbocycles. The summed E-state index contributed by atoms with van der Waals surface area (Å²) < 4.78 is 5.16. The molecule has 0 radical (unpaired) electrons. The van der Waals surface area contributed by atoms with E-state index >= 15 is 0 Å². The van der Waals surface area contributed by atoms with E-state index in [4.69, 9.17) is 4.42 Å². The Morgan fingerprint density at radius 1 is 1.08 bits per heavy atom. The summed E-state index contributed by atoms with van der Waals surface area (Å²) in [4.78, 5) is 16.5. The van der Waals surface area contributed by atoms with Gasteiger partial charge < -0.3 is 4.42 Å². The Kier molecular flexibility index (Phi) is 6.75. The molecular weight excluding hydrogens is 328 g/mol. The van der Waals surface area contributed by atoms with E-state index in [1.807, 2.05) is 18.2 Å². The van der Waals surface area contributed by atoms with Gasteiger partial charge >= 0.3 is 0 Å². The number of rotatable bonds is 7. The fraction of sp³-hybridized carbons (Fsp3) is 0.300. The number of hydrogen-bond donors (Lipinski definition) is 1. The molecule has 3 rings (SSSR count). The fourth-order valence-electron chi connectivity index (χ4n) is 2.86. The van der Waals surface area contributed by atoms with Crippen molar-refractivity contribution in [3.8, 4) is 0 Å². The Bertz CT molecular complexity index is 718. The molecule has 2 aromatic rings. The van der Waals surface area contributed by atoms with Crippen molar-refractivity contribution in [1.29, 1.82) is 0 Å². The Hall–Kier alpha value is -2.70. The van der Waals surface area contributed by atoms with Crippen molar-refractivity contribution >= 4 is 18.2 Å². The molecule has 1 aromatic heterocycles. The minimum atomic E-state index is -0.0934. The number of nitrogens with zero attached hydrogens (tertiary/aromatic N) is 3. The van der Waals surface area contributed by atoms with Crippen LogP contribution >= 0.6 is 0 Å². The van der Waals surface area contributed by atoms with Crippen molar-refractivity contribution < 1.29 is 9.21 Å². The van der Waals surface area contributed by atoms with Gasteiger partial charge in [-0.25, -0.2) is 5.43 Å². The Morgan fingerprint density at radius 3 is 2.58 bits per heavy atom. The zero-order chi connectivity index (χ0) is 18.0. The number of furan rings is 1. The Morgan fingerprint density at radius 2 is 1.85 bits per heavy atom. The number of allylic oxidation sites excluding steroid dienone is 1. The molecule has 0 aliphatic carbocycles. The molecule has 1 amide bonds. The lowest BCUT2D eigenvalue weighted by Crippen LogP contribution is -2.48. The number of amides is 1. The second kappa shape index (κ2) is 9.70. The number of carbonyl (C=O) groups excluding carboxylic acids is 1. The topological polar surface area (TPSA) is 61.1 Å². The number of hydrogen-bond acceptors (Lipinski definition) is 5. The molecule has 0 bridgehead atoms. The predicted octanol–water partition coefficient (Wildman–Crippen LogP) is 2.21. The van der Waals surface area contributed by atoms with Gasteiger partial charge in [-0.05, 0) is 29.8 Å². The van der Waals surface area contributed by atoms with Crippen LogP contribution in [0.2, 0.25) is 0 Å². The molecule has 2 heterocycles. The lowest BCUT2D eigenvalue weighted by Gasteiger charge is -2.34. The summed E-state index contributed by atoms with van der Waals surface area (Å²) in [5.74, 6) is 0.653. The number of benzene rings is 1. The maximum Gasteiger partial charge on any atom is 0.254 e. The molecule has 1 N–H and O–H groups in total. The molecule has 1 fully saturated rings. The van der Waals surface area contributed by atoms with E-state index in [0.29, 0.717) is 6.54 Å². The third-order valence-corrected chi connectivity index (χ3v) is 4.23. The van der Waals surface area contributed by atoms with E-state index < -0.39 is 0 Å². The summed E-state index contributed by atoms with van der Waals surface area (Å²) in [6.07, 6.45) is 6.65. The quantitative estimate of drug-likeness (QED) is 0.613. The summed E-state index contributed by atoms with van der Waals surface area (Å²) in [5, 5.41) is 3.92. The molecule has 26 heavy (non-hydrogen) atoms. The average molecular weight is 352 g/mol. The third-order valence-electron chi connectivity index (χ3n) is 4.23. The smallest absolute Gasteiger partial charge is 0.254 e. The molecular formula is C20H24N4O2. The lowest BCUT2D eigenvalue weighted by molar-refractivity contribution is -0.122. The highest BCUT2D eigenvalue weighted by Gasteiger charge is 2.18. The fourth-order valence-corrected chi connectivity index (χ4v) is 2.86. The Balaban J connectivity index is 1.33. The summed E-state index contributed by atoms with van der Waals surface area (Å²) >= 11 is 0. The van der Waals surface area contributed by atoms with Crippen LogP contribution in [0.25, 0.3) is 6.08 Å². The van der Waals surface area contributed by atoms with Gasteiger partial charge in [-0.2, -0.15) is 5.10 Å². The highest BCUT2D eigenvalue weighted by atomic mass is 16.3. The number of carbonyl (C=O) groups is 1. The van der Waals surface area contributed by atoms with Crippen molar-refractivity contribution in [3.63, 3.8) is 0 Å². The van der Waals surface area contributed by atoms with E-state index in [9.17, 15) is 4.79 Å². The van der Waals surface area contributed by atoms with Crippen LogP contribution in [-0.4, -0.2) is 54.6 Å². The molecule has 6 nitrogen and oxygen atoms in total. The van der Waals surface area contributed by atoms with Crippen LogP contribution in [0.4, 0.5) is 0 Å². The van der Waals surface area contributed by atoms with Crippen LogP contribution in [0.5, 0.6) is 0 Å².